The van der Waals surface area contributed by atoms with E-state index in [0.29, 0.717) is 17.3 Å². The zero-order chi connectivity index (χ0) is 12.3. The van der Waals surface area contributed by atoms with E-state index >= 15 is 0 Å². The molecule has 2 rings (SSSR count). The number of hydrogen-bond donors (Lipinski definition) is 2. The zero-order valence-corrected chi connectivity index (χ0v) is 9.90. The minimum absolute atomic E-state index is 0.128. The van der Waals surface area contributed by atoms with Gasteiger partial charge in [0.15, 0.2) is 0 Å². The summed E-state index contributed by atoms with van der Waals surface area (Å²) in [5, 5.41) is 9.59. The fraction of sp³-hybridized carbons (Fsp3) is 0.231. The third-order valence-electron chi connectivity index (χ3n) is 2.57. The quantitative estimate of drug-likeness (QED) is 0.850. The van der Waals surface area contributed by atoms with Gasteiger partial charge in [0, 0.05) is 11.1 Å². The molecule has 0 unspecified atom stereocenters. The first-order valence-electron chi connectivity index (χ1n) is 5.58. The van der Waals surface area contributed by atoms with Crippen LogP contribution in [0.2, 0.25) is 0 Å². The van der Waals surface area contributed by atoms with Crippen molar-refractivity contribution in [2.45, 2.75) is 19.8 Å². The number of aromatic nitrogens is 2. The Hall–Kier alpha value is -2.10. The van der Waals surface area contributed by atoms with Gasteiger partial charge in [-0.2, -0.15) is 5.10 Å². The van der Waals surface area contributed by atoms with Crippen LogP contribution in [0.3, 0.4) is 0 Å². The number of hydrogen-bond acceptors (Lipinski definition) is 2. The molecule has 0 aliphatic heterocycles. The Bertz CT molecular complexity index is 502. The lowest BCUT2D eigenvalue weighted by atomic mass is 10.1. The van der Waals surface area contributed by atoms with Gasteiger partial charge in [-0.25, -0.2) is 0 Å². The summed E-state index contributed by atoms with van der Waals surface area (Å²) in [5.74, 6) is 0.866. The molecule has 2 aromatic rings. The van der Waals surface area contributed by atoms with E-state index in [1.807, 2.05) is 18.2 Å². The largest absolute Gasteiger partial charge is 0.307 e. The standard InChI is InChI=1S/C13H15N3O/c1-9(2)11-8-14-16-12(11)15-13(17)10-6-4-3-5-7-10/h3-9H,1-2H3,(H2,14,15,16,17). The topological polar surface area (TPSA) is 57.8 Å². The van der Waals surface area contributed by atoms with E-state index in [-0.39, 0.29) is 5.91 Å². The molecule has 1 amide bonds. The highest BCUT2D eigenvalue weighted by molar-refractivity contribution is 6.04. The van der Waals surface area contributed by atoms with Crippen molar-refractivity contribution in [3.05, 3.63) is 47.7 Å². The van der Waals surface area contributed by atoms with Gasteiger partial charge in [-0.15, -0.1) is 0 Å². The molecule has 0 radical (unpaired) electrons. The highest BCUT2D eigenvalue weighted by Crippen LogP contribution is 2.21. The normalized spacial score (nSPS) is 10.5. The van der Waals surface area contributed by atoms with Crippen LogP contribution in [-0.4, -0.2) is 16.1 Å². The number of H-pyrrole nitrogens is 1. The Kier molecular flexibility index (Phi) is 3.23. The lowest BCUT2D eigenvalue weighted by Crippen LogP contribution is -2.13. The molecule has 0 aliphatic rings. The lowest BCUT2D eigenvalue weighted by Gasteiger charge is -2.07. The van der Waals surface area contributed by atoms with Gasteiger partial charge in [0.1, 0.15) is 5.82 Å². The highest BCUT2D eigenvalue weighted by Gasteiger charge is 2.12. The predicted octanol–water partition coefficient (Wildman–Crippen LogP) is 2.79. The number of aromatic amines is 1. The van der Waals surface area contributed by atoms with Crippen molar-refractivity contribution in [3.63, 3.8) is 0 Å². The van der Waals surface area contributed by atoms with Crippen LogP contribution in [0.4, 0.5) is 5.82 Å². The molecule has 17 heavy (non-hydrogen) atoms. The second-order valence-electron chi connectivity index (χ2n) is 4.18. The first kappa shape index (κ1) is 11.4. The molecule has 0 fully saturated rings. The number of rotatable bonds is 3. The van der Waals surface area contributed by atoms with E-state index in [0.717, 1.165) is 5.56 Å². The minimum atomic E-state index is -0.128. The molecule has 0 saturated carbocycles. The van der Waals surface area contributed by atoms with Crippen LogP contribution in [0.15, 0.2) is 36.5 Å². The van der Waals surface area contributed by atoms with Crippen LogP contribution in [0, 0.1) is 0 Å². The molecule has 1 heterocycles. The maximum atomic E-state index is 11.9. The van der Waals surface area contributed by atoms with Gasteiger partial charge in [0.2, 0.25) is 0 Å². The molecule has 0 bridgehead atoms. The fourth-order valence-corrected chi connectivity index (χ4v) is 1.61. The van der Waals surface area contributed by atoms with Gasteiger partial charge >= 0.3 is 0 Å². The Labute approximate surface area is 100 Å². The van der Waals surface area contributed by atoms with Crippen molar-refractivity contribution in [2.24, 2.45) is 0 Å². The van der Waals surface area contributed by atoms with E-state index in [4.69, 9.17) is 0 Å². The minimum Gasteiger partial charge on any atom is -0.307 e. The number of carbonyl (C=O) groups is 1. The second-order valence-corrected chi connectivity index (χ2v) is 4.18. The summed E-state index contributed by atoms with van der Waals surface area (Å²) >= 11 is 0. The predicted molar refractivity (Wildman–Crippen MR) is 67.1 cm³/mol. The van der Waals surface area contributed by atoms with Crippen molar-refractivity contribution < 1.29 is 4.79 Å². The Morgan fingerprint density at radius 3 is 2.65 bits per heavy atom. The van der Waals surface area contributed by atoms with Gasteiger partial charge in [-0.05, 0) is 18.1 Å². The fourth-order valence-electron chi connectivity index (χ4n) is 1.61. The van der Waals surface area contributed by atoms with E-state index in [9.17, 15) is 4.79 Å². The summed E-state index contributed by atoms with van der Waals surface area (Å²) in [6.07, 6.45) is 1.74. The first-order chi connectivity index (χ1) is 8.18. The summed E-state index contributed by atoms with van der Waals surface area (Å²) in [6.45, 7) is 4.12. The van der Waals surface area contributed by atoms with E-state index < -0.39 is 0 Å². The molecule has 1 aromatic carbocycles. The molecular formula is C13H15N3O. The average Bonchev–Trinajstić information content (AvgIpc) is 2.78. The molecule has 4 heteroatoms. The van der Waals surface area contributed by atoms with E-state index in [1.54, 1.807) is 18.3 Å². The second kappa shape index (κ2) is 4.82. The Morgan fingerprint density at radius 1 is 1.29 bits per heavy atom. The molecule has 2 N–H and O–H groups in total. The molecule has 0 aliphatic carbocycles. The molecule has 88 valence electrons. The van der Waals surface area contributed by atoms with Crippen LogP contribution < -0.4 is 5.32 Å². The maximum Gasteiger partial charge on any atom is 0.256 e. The summed E-state index contributed by atoms with van der Waals surface area (Å²) < 4.78 is 0. The summed E-state index contributed by atoms with van der Waals surface area (Å²) in [7, 11) is 0. The molecule has 1 aromatic heterocycles. The third-order valence-corrected chi connectivity index (χ3v) is 2.57. The van der Waals surface area contributed by atoms with Crippen LogP contribution in [0.1, 0.15) is 35.7 Å². The number of nitrogens with one attached hydrogen (secondary N) is 2. The number of nitrogens with zero attached hydrogens (tertiary/aromatic N) is 1. The Morgan fingerprint density at radius 2 is 2.00 bits per heavy atom. The zero-order valence-electron chi connectivity index (χ0n) is 9.90. The van der Waals surface area contributed by atoms with Crippen molar-refractivity contribution in [1.29, 1.82) is 0 Å². The van der Waals surface area contributed by atoms with Crippen molar-refractivity contribution in [3.8, 4) is 0 Å². The van der Waals surface area contributed by atoms with E-state index in [1.165, 1.54) is 0 Å². The number of amides is 1. The third kappa shape index (κ3) is 2.53. The number of benzene rings is 1. The number of carbonyl (C=O) groups excluding carboxylic acids is 1. The SMILES string of the molecule is CC(C)c1cn[nH]c1NC(=O)c1ccccc1. The van der Waals surface area contributed by atoms with Crippen molar-refractivity contribution in [2.75, 3.05) is 5.32 Å². The van der Waals surface area contributed by atoms with Crippen LogP contribution >= 0.6 is 0 Å². The smallest absolute Gasteiger partial charge is 0.256 e. The van der Waals surface area contributed by atoms with Gasteiger partial charge < -0.3 is 5.32 Å². The first-order valence-corrected chi connectivity index (χ1v) is 5.58. The highest BCUT2D eigenvalue weighted by atomic mass is 16.1. The molecule has 0 atom stereocenters. The molecule has 0 spiro atoms. The summed E-state index contributed by atoms with van der Waals surface area (Å²) in [5.41, 5.74) is 1.64. The molecule has 4 nitrogen and oxygen atoms in total. The van der Waals surface area contributed by atoms with Crippen LogP contribution in [0.25, 0.3) is 0 Å². The van der Waals surface area contributed by atoms with Crippen molar-refractivity contribution >= 4 is 11.7 Å². The summed E-state index contributed by atoms with van der Waals surface area (Å²) in [4.78, 5) is 11.9. The van der Waals surface area contributed by atoms with Crippen LogP contribution in [-0.2, 0) is 0 Å². The van der Waals surface area contributed by atoms with Crippen LogP contribution in [0.5, 0.6) is 0 Å². The monoisotopic (exact) mass is 229 g/mol. The number of anilines is 1. The molecule has 0 saturated heterocycles. The van der Waals surface area contributed by atoms with Gasteiger partial charge in [-0.3, -0.25) is 9.89 Å². The van der Waals surface area contributed by atoms with Gasteiger partial charge in [-0.1, -0.05) is 32.0 Å². The summed E-state index contributed by atoms with van der Waals surface area (Å²) in [6, 6.07) is 9.12. The lowest BCUT2D eigenvalue weighted by molar-refractivity contribution is 0.102. The van der Waals surface area contributed by atoms with E-state index in [2.05, 4.69) is 29.4 Å². The molecular weight excluding hydrogens is 214 g/mol. The van der Waals surface area contributed by atoms with Gasteiger partial charge in [0.25, 0.3) is 5.91 Å². The maximum absolute atomic E-state index is 11.9. The van der Waals surface area contributed by atoms with Gasteiger partial charge in [0.05, 0.1) is 6.20 Å². The van der Waals surface area contributed by atoms with Crippen molar-refractivity contribution in [1.82, 2.24) is 10.2 Å². The average molecular weight is 229 g/mol. The Balaban J connectivity index is 2.16.